The number of carbonyl (C=O) groups excluding carboxylic acids is 1. The van der Waals surface area contributed by atoms with Crippen LogP contribution < -0.4 is 10.6 Å². The predicted molar refractivity (Wildman–Crippen MR) is 77.5 cm³/mol. The largest absolute Gasteiger partial charge is 0.368 e. The minimum atomic E-state index is -0.0868. The topological polar surface area (TPSA) is 79.8 Å². The summed E-state index contributed by atoms with van der Waals surface area (Å²) in [7, 11) is 0. The normalized spacial score (nSPS) is 10.1. The standard InChI is InChI=1S/C14H17N5O/c1-10-4-3-5-12(17-10)19-14(20)6-7-16-13-9-15-8-11(2)18-13/h3-5,8-9H,6-7H2,1-2H3,(H,16,18)(H,17,19,20). The maximum absolute atomic E-state index is 11.8. The molecule has 0 aromatic carbocycles. The number of nitrogens with one attached hydrogen (secondary N) is 2. The SMILES string of the molecule is Cc1cncc(NCCC(=O)Nc2cccc(C)n2)n1. The fraction of sp³-hybridized carbons (Fsp3) is 0.286. The van der Waals surface area contributed by atoms with E-state index in [1.54, 1.807) is 18.5 Å². The molecular weight excluding hydrogens is 254 g/mol. The third kappa shape index (κ3) is 4.31. The quantitative estimate of drug-likeness (QED) is 0.868. The Kier molecular flexibility index (Phi) is 4.60. The van der Waals surface area contributed by atoms with Crippen LogP contribution in [0.15, 0.2) is 30.6 Å². The number of rotatable bonds is 5. The van der Waals surface area contributed by atoms with Crippen molar-refractivity contribution >= 4 is 17.5 Å². The molecular formula is C14H17N5O. The van der Waals surface area contributed by atoms with E-state index >= 15 is 0 Å². The van der Waals surface area contributed by atoms with Gasteiger partial charge in [0.05, 0.1) is 11.9 Å². The van der Waals surface area contributed by atoms with E-state index < -0.39 is 0 Å². The van der Waals surface area contributed by atoms with Crippen LogP contribution >= 0.6 is 0 Å². The summed E-state index contributed by atoms with van der Waals surface area (Å²) >= 11 is 0. The number of nitrogens with zero attached hydrogens (tertiary/aromatic N) is 3. The van der Waals surface area contributed by atoms with Crippen LogP contribution in [0.4, 0.5) is 11.6 Å². The second-order valence-corrected chi connectivity index (χ2v) is 4.43. The molecule has 2 aromatic rings. The van der Waals surface area contributed by atoms with Gasteiger partial charge in [-0.05, 0) is 26.0 Å². The van der Waals surface area contributed by atoms with Crippen LogP contribution in [0.25, 0.3) is 0 Å². The summed E-state index contributed by atoms with van der Waals surface area (Å²) in [5.41, 5.74) is 1.71. The maximum Gasteiger partial charge on any atom is 0.227 e. The Hall–Kier alpha value is -2.50. The van der Waals surface area contributed by atoms with E-state index in [1.165, 1.54) is 0 Å². The maximum atomic E-state index is 11.8. The third-order valence-corrected chi connectivity index (χ3v) is 2.57. The predicted octanol–water partition coefficient (Wildman–Crippen LogP) is 1.93. The molecule has 2 rings (SSSR count). The molecule has 2 N–H and O–H groups in total. The average molecular weight is 271 g/mol. The molecule has 1 amide bonds. The molecule has 0 aliphatic carbocycles. The number of aryl methyl sites for hydroxylation is 2. The van der Waals surface area contributed by atoms with Crippen LogP contribution in [0, 0.1) is 13.8 Å². The molecule has 2 aromatic heterocycles. The molecule has 0 bridgehead atoms. The van der Waals surface area contributed by atoms with Crippen molar-refractivity contribution in [2.45, 2.75) is 20.3 Å². The summed E-state index contributed by atoms with van der Waals surface area (Å²) in [6, 6.07) is 5.51. The van der Waals surface area contributed by atoms with Crippen LogP contribution in [-0.2, 0) is 4.79 Å². The first-order chi connectivity index (χ1) is 9.63. The molecule has 0 spiro atoms. The summed E-state index contributed by atoms with van der Waals surface area (Å²) in [4.78, 5) is 24.2. The summed E-state index contributed by atoms with van der Waals surface area (Å²) in [6.45, 7) is 4.25. The van der Waals surface area contributed by atoms with Gasteiger partial charge in [0.1, 0.15) is 11.6 Å². The van der Waals surface area contributed by atoms with Crippen molar-refractivity contribution in [2.24, 2.45) is 0 Å². The number of hydrogen-bond donors (Lipinski definition) is 2. The Labute approximate surface area is 117 Å². The second-order valence-electron chi connectivity index (χ2n) is 4.43. The molecule has 0 saturated heterocycles. The van der Waals surface area contributed by atoms with Crippen LogP contribution in [-0.4, -0.2) is 27.4 Å². The van der Waals surface area contributed by atoms with Gasteiger partial charge in [0.15, 0.2) is 0 Å². The Morgan fingerprint density at radius 1 is 1.10 bits per heavy atom. The van der Waals surface area contributed by atoms with Gasteiger partial charge in [0, 0.05) is 24.9 Å². The zero-order valence-corrected chi connectivity index (χ0v) is 11.6. The van der Waals surface area contributed by atoms with Gasteiger partial charge in [-0.15, -0.1) is 0 Å². The van der Waals surface area contributed by atoms with Crippen molar-refractivity contribution in [3.63, 3.8) is 0 Å². The Morgan fingerprint density at radius 2 is 1.90 bits per heavy atom. The van der Waals surface area contributed by atoms with Gasteiger partial charge in [-0.3, -0.25) is 9.78 Å². The molecule has 6 nitrogen and oxygen atoms in total. The highest BCUT2D eigenvalue weighted by atomic mass is 16.1. The van der Waals surface area contributed by atoms with Crippen molar-refractivity contribution in [3.8, 4) is 0 Å². The lowest BCUT2D eigenvalue weighted by molar-refractivity contribution is -0.116. The first-order valence-electron chi connectivity index (χ1n) is 6.39. The Balaban J connectivity index is 1.78. The van der Waals surface area contributed by atoms with Crippen LogP contribution in [0.3, 0.4) is 0 Å². The molecule has 0 aliphatic heterocycles. The highest BCUT2D eigenvalue weighted by Gasteiger charge is 2.03. The van der Waals surface area contributed by atoms with Crippen LogP contribution in [0.1, 0.15) is 17.8 Å². The highest BCUT2D eigenvalue weighted by molar-refractivity contribution is 5.90. The van der Waals surface area contributed by atoms with Crippen molar-refractivity contribution in [3.05, 3.63) is 42.0 Å². The van der Waals surface area contributed by atoms with E-state index in [9.17, 15) is 4.79 Å². The number of aromatic nitrogens is 3. The molecule has 104 valence electrons. The molecule has 0 radical (unpaired) electrons. The molecule has 0 fully saturated rings. The van der Waals surface area contributed by atoms with Gasteiger partial charge >= 0.3 is 0 Å². The monoisotopic (exact) mass is 271 g/mol. The zero-order chi connectivity index (χ0) is 14.4. The smallest absolute Gasteiger partial charge is 0.227 e. The van der Waals surface area contributed by atoms with Gasteiger partial charge in [-0.25, -0.2) is 9.97 Å². The molecule has 0 aliphatic rings. The average Bonchev–Trinajstić information content (AvgIpc) is 2.38. The van der Waals surface area contributed by atoms with Crippen molar-refractivity contribution in [1.29, 1.82) is 0 Å². The van der Waals surface area contributed by atoms with E-state index in [1.807, 2.05) is 26.0 Å². The number of amides is 1. The number of carbonyl (C=O) groups is 1. The Bertz CT molecular complexity index is 600. The van der Waals surface area contributed by atoms with E-state index in [4.69, 9.17) is 0 Å². The minimum absolute atomic E-state index is 0.0868. The summed E-state index contributed by atoms with van der Waals surface area (Å²) in [6.07, 6.45) is 3.65. The lowest BCUT2D eigenvalue weighted by Crippen LogP contribution is -2.17. The van der Waals surface area contributed by atoms with Gasteiger partial charge in [-0.2, -0.15) is 0 Å². The molecule has 0 atom stereocenters. The molecule has 20 heavy (non-hydrogen) atoms. The summed E-state index contributed by atoms with van der Waals surface area (Å²) in [5.74, 6) is 1.16. The van der Waals surface area contributed by atoms with E-state index in [2.05, 4.69) is 25.6 Å². The van der Waals surface area contributed by atoms with Crippen molar-refractivity contribution in [2.75, 3.05) is 17.2 Å². The van der Waals surface area contributed by atoms with E-state index in [0.717, 1.165) is 11.4 Å². The number of hydrogen-bond acceptors (Lipinski definition) is 5. The molecule has 6 heteroatoms. The molecule has 0 saturated carbocycles. The number of pyridine rings is 1. The van der Waals surface area contributed by atoms with Crippen molar-refractivity contribution in [1.82, 2.24) is 15.0 Å². The first-order valence-corrected chi connectivity index (χ1v) is 6.39. The second kappa shape index (κ2) is 6.60. The zero-order valence-electron chi connectivity index (χ0n) is 11.6. The lowest BCUT2D eigenvalue weighted by Gasteiger charge is -2.07. The van der Waals surface area contributed by atoms with Gasteiger partial charge < -0.3 is 10.6 Å². The minimum Gasteiger partial charge on any atom is -0.368 e. The summed E-state index contributed by atoms with van der Waals surface area (Å²) in [5, 5.41) is 5.81. The van der Waals surface area contributed by atoms with Gasteiger partial charge in [0.2, 0.25) is 5.91 Å². The van der Waals surface area contributed by atoms with Crippen molar-refractivity contribution < 1.29 is 4.79 Å². The van der Waals surface area contributed by atoms with E-state index in [0.29, 0.717) is 24.6 Å². The fourth-order valence-electron chi connectivity index (χ4n) is 1.67. The highest BCUT2D eigenvalue weighted by Crippen LogP contribution is 2.05. The van der Waals surface area contributed by atoms with Crippen LogP contribution in [0.2, 0.25) is 0 Å². The van der Waals surface area contributed by atoms with Gasteiger partial charge in [-0.1, -0.05) is 6.07 Å². The van der Waals surface area contributed by atoms with Crippen LogP contribution in [0.5, 0.6) is 0 Å². The first kappa shape index (κ1) is 13.9. The Morgan fingerprint density at radius 3 is 2.65 bits per heavy atom. The third-order valence-electron chi connectivity index (χ3n) is 2.57. The fourth-order valence-corrected chi connectivity index (χ4v) is 1.67. The van der Waals surface area contributed by atoms with E-state index in [-0.39, 0.29) is 5.91 Å². The van der Waals surface area contributed by atoms with Gasteiger partial charge in [0.25, 0.3) is 0 Å². The number of anilines is 2. The molecule has 0 unspecified atom stereocenters. The lowest BCUT2D eigenvalue weighted by atomic mass is 10.3. The summed E-state index contributed by atoms with van der Waals surface area (Å²) < 4.78 is 0. The molecule has 2 heterocycles.